The van der Waals surface area contributed by atoms with Crippen molar-refractivity contribution in [2.45, 2.75) is 49.5 Å². The Labute approximate surface area is 125 Å². The molecule has 1 aliphatic rings. The Balaban J connectivity index is 2.04. The molecule has 0 saturated heterocycles. The van der Waals surface area contributed by atoms with E-state index in [0.717, 1.165) is 31.2 Å². The van der Waals surface area contributed by atoms with E-state index < -0.39 is 10.0 Å². The highest BCUT2D eigenvalue weighted by Crippen LogP contribution is 2.20. The molecule has 1 saturated carbocycles. The van der Waals surface area contributed by atoms with Crippen molar-refractivity contribution in [3.63, 3.8) is 0 Å². The topological polar surface area (TPSA) is 72.5 Å². The molecule has 0 bridgehead atoms. The van der Waals surface area contributed by atoms with Crippen LogP contribution in [0.15, 0.2) is 29.2 Å². The lowest BCUT2D eigenvalue weighted by molar-refractivity contribution is -0.139. The second-order valence-corrected chi connectivity index (χ2v) is 7.07. The van der Waals surface area contributed by atoms with Crippen molar-refractivity contribution < 1.29 is 17.9 Å². The van der Waals surface area contributed by atoms with Gasteiger partial charge in [0.15, 0.2) is 0 Å². The van der Waals surface area contributed by atoms with E-state index in [-0.39, 0.29) is 23.3 Å². The SMILES string of the molecule is COC(=O)Cc1ccc(S(=O)(=O)NC2CCCCC2)cc1. The Morgan fingerprint density at radius 3 is 2.38 bits per heavy atom. The zero-order valence-corrected chi connectivity index (χ0v) is 13.0. The summed E-state index contributed by atoms with van der Waals surface area (Å²) in [6.45, 7) is 0. The summed E-state index contributed by atoms with van der Waals surface area (Å²) in [5, 5.41) is 0. The molecule has 0 spiro atoms. The first-order valence-electron chi connectivity index (χ1n) is 7.19. The molecule has 1 aromatic rings. The highest BCUT2D eigenvalue weighted by Gasteiger charge is 2.21. The fourth-order valence-electron chi connectivity index (χ4n) is 2.53. The van der Waals surface area contributed by atoms with E-state index >= 15 is 0 Å². The van der Waals surface area contributed by atoms with Gasteiger partial charge in [-0.15, -0.1) is 0 Å². The quantitative estimate of drug-likeness (QED) is 0.844. The minimum absolute atomic E-state index is 0.0403. The molecule has 0 aromatic heterocycles. The van der Waals surface area contributed by atoms with Gasteiger partial charge in [-0.2, -0.15) is 0 Å². The average Bonchev–Trinajstić information content (AvgIpc) is 2.48. The molecule has 2 rings (SSSR count). The van der Waals surface area contributed by atoms with Gasteiger partial charge in [-0.25, -0.2) is 13.1 Å². The van der Waals surface area contributed by atoms with E-state index in [1.54, 1.807) is 12.1 Å². The number of methoxy groups -OCH3 is 1. The molecule has 0 radical (unpaired) electrons. The van der Waals surface area contributed by atoms with Gasteiger partial charge in [0.25, 0.3) is 0 Å². The number of carbonyl (C=O) groups is 1. The first kappa shape index (κ1) is 16.0. The minimum atomic E-state index is -3.48. The van der Waals surface area contributed by atoms with Crippen LogP contribution in [0.2, 0.25) is 0 Å². The van der Waals surface area contributed by atoms with Crippen LogP contribution in [0.1, 0.15) is 37.7 Å². The van der Waals surface area contributed by atoms with E-state index in [1.807, 2.05) is 0 Å². The number of sulfonamides is 1. The summed E-state index contributed by atoms with van der Waals surface area (Å²) in [5.74, 6) is -0.342. The van der Waals surface area contributed by atoms with Gasteiger partial charge >= 0.3 is 5.97 Å². The molecule has 5 nitrogen and oxygen atoms in total. The van der Waals surface area contributed by atoms with Crippen molar-refractivity contribution in [1.29, 1.82) is 0 Å². The van der Waals surface area contributed by atoms with Crippen LogP contribution in [0.5, 0.6) is 0 Å². The summed E-state index contributed by atoms with van der Waals surface area (Å²) in [4.78, 5) is 11.4. The van der Waals surface area contributed by atoms with Gasteiger partial charge in [0.2, 0.25) is 10.0 Å². The first-order chi connectivity index (χ1) is 10.0. The molecular formula is C15H21NO4S. The summed E-state index contributed by atoms with van der Waals surface area (Å²) in [5.41, 5.74) is 0.735. The third-order valence-electron chi connectivity index (χ3n) is 3.74. The lowest BCUT2D eigenvalue weighted by atomic mass is 9.96. The molecule has 6 heteroatoms. The van der Waals surface area contributed by atoms with Crippen LogP contribution >= 0.6 is 0 Å². The summed E-state index contributed by atoms with van der Waals surface area (Å²) in [6.07, 6.45) is 5.28. The summed E-state index contributed by atoms with van der Waals surface area (Å²) in [7, 11) is -2.15. The number of ether oxygens (including phenoxy) is 1. The Morgan fingerprint density at radius 1 is 1.19 bits per heavy atom. The van der Waals surface area contributed by atoms with E-state index in [1.165, 1.54) is 25.7 Å². The second kappa shape index (κ2) is 7.04. The standard InChI is InChI=1S/C15H21NO4S/c1-20-15(17)11-12-7-9-14(10-8-12)21(18,19)16-13-5-3-2-4-6-13/h7-10,13,16H,2-6,11H2,1H3. The van der Waals surface area contributed by atoms with Crippen molar-refractivity contribution >= 4 is 16.0 Å². The van der Waals surface area contributed by atoms with E-state index in [4.69, 9.17) is 0 Å². The maximum Gasteiger partial charge on any atom is 0.309 e. The second-order valence-electron chi connectivity index (χ2n) is 5.35. The number of hydrogen-bond acceptors (Lipinski definition) is 4. The average molecular weight is 311 g/mol. The van der Waals surface area contributed by atoms with Gasteiger partial charge in [-0.3, -0.25) is 4.79 Å². The van der Waals surface area contributed by atoms with Crippen molar-refractivity contribution in [2.75, 3.05) is 7.11 Å². The van der Waals surface area contributed by atoms with Gasteiger partial charge in [-0.1, -0.05) is 31.4 Å². The van der Waals surface area contributed by atoms with Crippen LogP contribution in [0, 0.1) is 0 Å². The van der Waals surface area contributed by atoms with Crippen molar-refractivity contribution in [3.05, 3.63) is 29.8 Å². The van der Waals surface area contributed by atoms with Crippen LogP contribution in [0.3, 0.4) is 0 Å². The molecule has 116 valence electrons. The third kappa shape index (κ3) is 4.54. The molecule has 0 amide bonds. The molecule has 1 N–H and O–H groups in total. The Bertz CT molecular complexity index is 574. The summed E-state index contributed by atoms with van der Waals surface area (Å²) >= 11 is 0. The van der Waals surface area contributed by atoms with E-state index in [9.17, 15) is 13.2 Å². The summed E-state index contributed by atoms with van der Waals surface area (Å²) in [6, 6.07) is 6.39. The normalized spacial score (nSPS) is 16.6. The van der Waals surface area contributed by atoms with Gasteiger partial charge in [0.1, 0.15) is 0 Å². The van der Waals surface area contributed by atoms with Crippen LogP contribution in [0.25, 0.3) is 0 Å². The predicted octanol–water partition coefficient (Wildman–Crippen LogP) is 2.01. The maximum atomic E-state index is 12.3. The lowest BCUT2D eigenvalue weighted by Crippen LogP contribution is -2.36. The highest BCUT2D eigenvalue weighted by molar-refractivity contribution is 7.89. The number of carbonyl (C=O) groups excluding carboxylic acids is 1. The Kier molecular flexibility index (Phi) is 5.36. The van der Waals surface area contributed by atoms with Crippen LogP contribution < -0.4 is 4.72 Å². The molecule has 0 aliphatic heterocycles. The monoisotopic (exact) mass is 311 g/mol. The van der Waals surface area contributed by atoms with Crippen molar-refractivity contribution in [2.24, 2.45) is 0 Å². The fraction of sp³-hybridized carbons (Fsp3) is 0.533. The van der Waals surface area contributed by atoms with Crippen LogP contribution in [-0.4, -0.2) is 27.5 Å². The number of rotatable bonds is 5. The fourth-order valence-corrected chi connectivity index (χ4v) is 3.84. The van der Waals surface area contributed by atoms with Crippen molar-refractivity contribution in [1.82, 2.24) is 4.72 Å². The lowest BCUT2D eigenvalue weighted by Gasteiger charge is -2.22. The molecular weight excluding hydrogens is 290 g/mol. The minimum Gasteiger partial charge on any atom is -0.469 e. The van der Waals surface area contributed by atoms with Gasteiger partial charge in [0, 0.05) is 6.04 Å². The molecule has 1 aliphatic carbocycles. The van der Waals surface area contributed by atoms with E-state index in [0.29, 0.717) is 0 Å². The van der Waals surface area contributed by atoms with E-state index in [2.05, 4.69) is 9.46 Å². The van der Waals surface area contributed by atoms with Crippen LogP contribution in [-0.2, 0) is 26.0 Å². The van der Waals surface area contributed by atoms with Crippen LogP contribution in [0.4, 0.5) is 0 Å². The molecule has 0 heterocycles. The Morgan fingerprint density at radius 2 is 1.81 bits per heavy atom. The third-order valence-corrected chi connectivity index (χ3v) is 5.27. The number of benzene rings is 1. The highest BCUT2D eigenvalue weighted by atomic mass is 32.2. The molecule has 1 fully saturated rings. The van der Waals surface area contributed by atoms with Crippen molar-refractivity contribution in [3.8, 4) is 0 Å². The number of hydrogen-bond donors (Lipinski definition) is 1. The predicted molar refractivity (Wildman–Crippen MR) is 79.4 cm³/mol. The summed E-state index contributed by atoms with van der Waals surface area (Å²) < 4.78 is 31.9. The maximum absolute atomic E-state index is 12.3. The molecule has 21 heavy (non-hydrogen) atoms. The molecule has 0 unspecified atom stereocenters. The number of nitrogens with one attached hydrogen (secondary N) is 1. The largest absolute Gasteiger partial charge is 0.469 e. The Hall–Kier alpha value is -1.40. The van der Waals surface area contributed by atoms with Gasteiger partial charge in [-0.05, 0) is 30.5 Å². The van der Waals surface area contributed by atoms with Gasteiger partial charge in [0.05, 0.1) is 18.4 Å². The smallest absolute Gasteiger partial charge is 0.309 e. The van der Waals surface area contributed by atoms with Gasteiger partial charge < -0.3 is 4.74 Å². The number of esters is 1. The first-order valence-corrected chi connectivity index (χ1v) is 8.67. The zero-order chi connectivity index (χ0) is 15.3. The molecule has 1 aromatic carbocycles. The zero-order valence-electron chi connectivity index (χ0n) is 12.2. The molecule has 0 atom stereocenters.